The van der Waals surface area contributed by atoms with Gasteiger partial charge in [0.2, 0.25) is 12.4 Å². The molecule has 3 aromatic rings. The van der Waals surface area contributed by atoms with E-state index in [0.717, 1.165) is 30.8 Å². The molecule has 8 nitrogen and oxygen atoms in total. The molecule has 3 N–H and O–H groups in total. The number of likely N-dealkylation sites (tertiary alicyclic amines) is 1. The van der Waals surface area contributed by atoms with E-state index in [1.165, 1.54) is 0 Å². The summed E-state index contributed by atoms with van der Waals surface area (Å²) in [6.07, 6.45) is -1.35. The summed E-state index contributed by atoms with van der Waals surface area (Å²) in [5.41, 5.74) is 0.565. The highest BCUT2D eigenvalue weighted by Gasteiger charge is 2.35. The van der Waals surface area contributed by atoms with E-state index in [-0.39, 0.29) is 17.7 Å². The van der Waals surface area contributed by atoms with Gasteiger partial charge in [0.25, 0.3) is 5.91 Å². The van der Waals surface area contributed by atoms with E-state index in [1.807, 2.05) is 25.5 Å². The molecule has 2 aromatic carbocycles. The van der Waals surface area contributed by atoms with Crippen LogP contribution in [0, 0.1) is 5.92 Å². The SMILES string of the molecule is CP(C)c1ccccc1Nc1nc(Nc2ccc(C(=O)NCC3CCN(C=O)CC3)cc2)ncc1C(F)(F)F. The van der Waals surface area contributed by atoms with Crippen molar-refractivity contribution in [3.05, 3.63) is 65.9 Å². The van der Waals surface area contributed by atoms with Crippen LogP contribution < -0.4 is 21.3 Å². The van der Waals surface area contributed by atoms with Crippen LogP contribution in [0.5, 0.6) is 0 Å². The van der Waals surface area contributed by atoms with Gasteiger partial charge in [-0.05, 0) is 67.7 Å². The van der Waals surface area contributed by atoms with Crippen LogP contribution in [0.4, 0.5) is 36.3 Å². The molecule has 0 bridgehead atoms. The van der Waals surface area contributed by atoms with E-state index >= 15 is 0 Å². The van der Waals surface area contributed by atoms with E-state index in [1.54, 1.807) is 41.3 Å². The lowest BCUT2D eigenvalue weighted by atomic mass is 9.97. The van der Waals surface area contributed by atoms with Gasteiger partial charge in [-0.25, -0.2) is 4.98 Å². The van der Waals surface area contributed by atoms with Gasteiger partial charge in [0.15, 0.2) is 0 Å². The van der Waals surface area contributed by atoms with E-state index in [4.69, 9.17) is 0 Å². The number of alkyl halides is 3. The van der Waals surface area contributed by atoms with E-state index < -0.39 is 19.7 Å². The lowest BCUT2D eigenvalue weighted by molar-refractivity contribution is -0.137. The molecule has 1 saturated heterocycles. The number of halogens is 3. The van der Waals surface area contributed by atoms with Crippen molar-refractivity contribution in [3.63, 3.8) is 0 Å². The van der Waals surface area contributed by atoms with Gasteiger partial charge >= 0.3 is 6.18 Å². The van der Waals surface area contributed by atoms with Crippen LogP contribution in [0.2, 0.25) is 0 Å². The molecule has 1 aromatic heterocycles. The standard InChI is InChI=1S/C27H30F3N6O2P/c1-39(2)23-6-4-3-5-22(23)34-24-21(27(28,29)30)16-32-26(35-24)33-20-9-7-19(8-10-20)25(38)31-15-18-11-13-36(17-37)14-12-18/h3-10,16-18H,11-15H2,1-2H3,(H,31,38)(H2,32,33,34,35). The first-order valence-electron chi connectivity index (χ1n) is 12.5. The Kier molecular flexibility index (Phi) is 9.01. The van der Waals surface area contributed by atoms with Crippen molar-refractivity contribution in [3.8, 4) is 0 Å². The first-order chi connectivity index (χ1) is 18.6. The van der Waals surface area contributed by atoms with Crippen molar-refractivity contribution < 1.29 is 22.8 Å². The van der Waals surface area contributed by atoms with Gasteiger partial charge in [-0.1, -0.05) is 26.1 Å². The molecule has 206 valence electrons. The van der Waals surface area contributed by atoms with Gasteiger partial charge in [0.05, 0.1) is 0 Å². The highest BCUT2D eigenvalue weighted by atomic mass is 31.1. The summed E-state index contributed by atoms with van der Waals surface area (Å²) in [5.74, 6) is -0.266. The van der Waals surface area contributed by atoms with Crippen LogP contribution in [-0.2, 0) is 11.0 Å². The van der Waals surface area contributed by atoms with Gasteiger partial charge in [-0.3, -0.25) is 9.59 Å². The molecule has 39 heavy (non-hydrogen) atoms. The fourth-order valence-corrected chi connectivity index (χ4v) is 5.27. The van der Waals surface area contributed by atoms with Gasteiger partial charge in [-0.2, -0.15) is 18.2 Å². The molecule has 0 saturated carbocycles. The lowest BCUT2D eigenvalue weighted by Crippen LogP contribution is -2.38. The maximum Gasteiger partial charge on any atom is 0.421 e. The van der Waals surface area contributed by atoms with Crippen molar-refractivity contribution in [2.24, 2.45) is 5.92 Å². The molecule has 1 aliphatic rings. The zero-order chi connectivity index (χ0) is 28.0. The first-order valence-corrected chi connectivity index (χ1v) is 14.7. The Hall–Kier alpha value is -3.72. The molecule has 0 atom stereocenters. The van der Waals surface area contributed by atoms with Gasteiger partial charge < -0.3 is 20.9 Å². The number of piperidine rings is 1. The number of nitrogens with one attached hydrogen (secondary N) is 3. The third-order valence-corrected chi connectivity index (χ3v) is 7.84. The second-order valence-electron chi connectivity index (χ2n) is 9.49. The summed E-state index contributed by atoms with van der Waals surface area (Å²) < 4.78 is 41.1. The zero-order valence-corrected chi connectivity index (χ0v) is 22.5. The minimum Gasteiger partial charge on any atom is -0.352 e. The maximum atomic E-state index is 13.7. The molecular weight excluding hydrogens is 528 g/mol. The Morgan fingerprint density at radius 1 is 1.08 bits per heavy atom. The number of aromatic nitrogens is 2. The van der Waals surface area contributed by atoms with Gasteiger partial charge in [-0.15, -0.1) is 0 Å². The molecule has 2 amide bonds. The Morgan fingerprint density at radius 3 is 2.41 bits per heavy atom. The smallest absolute Gasteiger partial charge is 0.352 e. The lowest BCUT2D eigenvalue weighted by Gasteiger charge is -2.29. The second kappa shape index (κ2) is 12.4. The number of anilines is 4. The summed E-state index contributed by atoms with van der Waals surface area (Å²) in [6.45, 7) is 5.96. The molecule has 1 fully saturated rings. The number of para-hydroxylation sites is 1. The highest BCUT2D eigenvalue weighted by molar-refractivity contribution is 7.64. The van der Waals surface area contributed by atoms with Crippen molar-refractivity contribution in [2.75, 3.05) is 43.6 Å². The number of benzene rings is 2. The van der Waals surface area contributed by atoms with Crippen LogP contribution >= 0.6 is 7.92 Å². The number of carbonyl (C=O) groups is 2. The van der Waals surface area contributed by atoms with Crippen molar-refractivity contribution in [1.82, 2.24) is 20.2 Å². The summed E-state index contributed by atoms with van der Waals surface area (Å²) >= 11 is 0. The largest absolute Gasteiger partial charge is 0.421 e. The van der Waals surface area contributed by atoms with E-state index in [2.05, 4.69) is 25.9 Å². The monoisotopic (exact) mass is 558 g/mol. The molecule has 0 unspecified atom stereocenters. The Morgan fingerprint density at radius 2 is 1.77 bits per heavy atom. The predicted octanol–water partition coefficient (Wildman–Crippen LogP) is 4.95. The quantitative estimate of drug-likeness (QED) is 0.254. The molecular formula is C27H30F3N6O2P. The highest BCUT2D eigenvalue weighted by Crippen LogP contribution is 2.36. The van der Waals surface area contributed by atoms with Crippen LogP contribution in [0.1, 0.15) is 28.8 Å². The maximum absolute atomic E-state index is 13.7. The molecule has 1 aliphatic heterocycles. The average molecular weight is 559 g/mol. The van der Waals surface area contributed by atoms with Crippen LogP contribution in [0.15, 0.2) is 54.7 Å². The minimum absolute atomic E-state index is 0.0166. The Balaban J connectivity index is 1.44. The number of hydrogen-bond donors (Lipinski definition) is 3. The van der Waals surface area contributed by atoms with Crippen LogP contribution in [0.3, 0.4) is 0 Å². The number of amides is 2. The van der Waals surface area contributed by atoms with Crippen molar-refractivity contribution >= 4 is 48.7 Å². The van der Waals surface area contributed by atoms with Crippen molar-refractivity contribution in [2.45, 2.75) is 19.0 Å². The third kappa shape index (κ3) is 7.44. The predicted molar refractivity (Wildman–Crippen MR) is 148 cm³/mol. The fourth-order valence-electron chi connectivity index (χ4n) is 4.28. The van der Waals surface area contributed by atoms with Crippen LogP contribution in [0.25, 0.3) is 0 Å². The third-order valence-electron chi connectivity index (χ3n) is 6.49. The number of hydrogen-bond acceptors (Lipinski definition) is 6. The molecule has 0 spiro atoms. The molecule has 0 aliphatic carbocycles. The summed E-state index contributed by atoms with van der Waals surface area (Å²) in [4.78, 5) is 33.1. The van der Waals surface area contributed by atoms with Gasteiger partial charge in [0.1, 0.15) is 11.4 Å². The van der Waals surface area contributed by atoms with Crippen molar-refractivity contribution in [1.29, 1.82) is 0 Å². The summed E-state index contributed by atoms with van der Waals surface area (Å²) in [7, 11) is -0.566. The number of carbonyl (C=O) groups excluding carboxylic acids is 2. The average Bonchev–Trinajstić information content (AvgIpc) is 2.92. The molecule has 0 radical (unpaired) electrons. The number of nitrogens with zero attached hydrogens (tertiary/aromatic N) is 3. The molecule has 2 heterocycles. The topological polar surface area (TPSA) is 99.2 Å². The summed E-state index contributed by atoms with van der Waals surface area (Å²) in [5, 5.41) is 9.63. The molecule has 12 heteroatoms. The zero-order valence-electron chi connectivity index (χ0n) is 21.6. The molecule has 4 rings (SSSR count). The normalized spacial score (nSPS) is 14.3. The summed E-state index contributed by atoms with van der Waals surface area (Å²) in [6, 6.07) is 13.7. The minimum atomic E-state index is -4.64. The first kappa shape index (κ1) is 28.3. The second-order valence-corrected chi connectivity index (χ2v) is 11.8. The van der Waals surface area contributed by atoms with Gasteiger partial charge in [0, 0.05) is 42.8 Å². The number of rotatable bonds is 9. The Bertz CT molecular complexity index is 1300. The Labute approximate surface area is 226 Å². The fraction of sp³-hybridized carbons (Fsp3) is 0.333. The van der Waals surface area contributed by atoms with E-state index in [9.17, 15) is 22.8 Å². The van der Waals surface area contributed by atoms with E-state index in [0.29, 0.717) is 42.5 Å². The van der Waals surface area contributed by atoms with Crippen LogP contribution in [-0.4, -0.2) is 60.1 Å².